The number of rotatable bonds is 5. The van der Waals surface area contributed by atoms with Crippen LogP contribution in [0.15, 0.2) is 48.8 Å². The zero-order chi connectivity index (χ0) is 24.7. The molecule has 5 rings (SSSR count). The summed E-state index contributed by atoms with van der Waals surface area (Å²) in [6.45, 7) is 9.55. The van der Waals surface area contributed by atoms with E-state index in [1.807, 2.05) is 69.3 Å². The van der Waals surface area contributed by atoms with Crippen LogP contribution in [0.5, 0.6) is 0 Å². The van der Waals surface area contributed by atoms with Crippen molar-refractivity contribution in [2.24, 2.45) is 0 Å². The first kappa shape index (κ1) is 23.3. The zero-order valence-electron chi connectivity index (χ0n) is 20.5. The van der Waals surface area contributed by atoms with E-state index in [-0.39, 0.29) is 23.4 Å². The minimum absolute atomic E-state index is 0.0762. The number of fused-ring (bicyclic) bond motifs is 1. The molecular formula is C26H30N6O2S. The van der Waals surface area contributed by atoms with Crippen LogP contribution in [-0.4, -0.2) is 48.6 Å². The average Bonchev–Trinajstić information content (AvgIpc) is 3.58. The van der Waals surface area contributed by atoms with Gasteiger partial charge in [0.1, 0.15) is 4.70 Å². The number of thiazole rings is 1. The Kier molecular flexibility index (Phi) is 5.96. The quantitative estimate of drug-likeness (QED) is 0.431. The summed E-state index contributed by atoms with van der Waals surface area (Å²) in [6.07, 6.45) is 5.99. The van der Waals surface area contributed by atoms with Crippen LogP contribution in [0, 0.1) is 6.92 Å². The van der Waals surface area contributed by atoms with Crippen LogP contribution in [-0.2, 0) is 12.1 Å². The summed E-state index contributed by atoms with van der Waals surface area (Å²) in [5, 5.41) is 8.10. The number of hydrogen-bond acceptors (Lipinski definition) is 5. The van der Waals surface area contributed by atoms with Gasteiger partial charge >= 0.3 is 0 Å². The number of carbonyl (C=O) groups excluding carboxylic acids is 2. The molecule has 0 saturated carbocycles. The molecule has 1 aliphatic rings. The van der Waals surface area contributed by atoms with Gasteiger partial charge in [-0.05, 0) is 64.8 Å². The molecule has 1 saturated heterocycles. The van der Waals surface area contributed by atoms with E-state index in [1.54, 1.807) is 16.8 Å². The van der Waals surface area contributed by atoms with Gasteiger partial charge in [0.25, 0.3) is 11.8 Å². The standard InChI is InChI=1S/C26H30N6O2S/c1-17-9-11-18(12-10-17)23(33)28-25-27-22-21(35-25)20(29-32(22)26(2,3)4)24(34)31-15-7-8-19(31)16-30-13-5-6-14-30/h5-6,9-14,19H,7-8,15-16H2,1-4H3,(H,27,28,33)/t19-/m0/s1. The summed E-state index contributed by atoms with van der Waals surface area (Å²) in [7, 11) is 0. The number of carbonyl (C=O) groups is 2. The molecule has 0 bridgehead atoms. The van der Waals surface area contributed by atoms with Gasteiger partial charge in [0, 0.05) is 31.0 Å². The molecule has 9 heteroatoms. The molecule has 0 unspecified atom stereocenters. The van der Waals surface area contributed by atoms with E-state index < -0.39 is 0 Å². The van der Waals surface area contributed by atoms with Crippen LogP contribution in [0.1, 0.15) is 60.0 Å². The van der Waals surface area contributed by atoms with E-state index in [0.717, 1.165) is 24.9 Å². The van der Waals surface area contributed by atoms with E-state index in [4.69, 9.17) is 5.10 Å². The molecule has 8 nitrogen and oxygen atoms in total. The van der Waals surface area contributed by atoms with Crippen LogP contribution in [0.25, 0.3) is 10.3 Å². The van der Waals surface area contributed by atoms with Crippen LogP contribution in [0.4, 0.5) is 5.13 Å². The topological polar surface area (TPSA) is 85.1 Å². The highest BCUT2D eigenvalue weighted by atomic mass is 32.1. The first-order valence-electron chi connectivity index (χ1n) is 11.9. The molecule has 35 heavy (non-hydrogen) atoms. The van der Waals surface area contributed by atoms with E-state index in [9.17, 15) is 9.59 Å². The fourth-order valence-electron chi connectivity index (χ4n) is 4.50. The molecule has 0 radical (unpaired) electrons. The zero-order valence-corrected chi connectivity index (χ0v) is 21.3. The third-order valence-electron chi connectivity index (χ3n) is 6.32. The maximum atomic E-state index is 13.8. The van der Waals surface area contributed by atoms with Gasteiger partial charge in [0.05, 0.1) is 11.6 Å². The second-order valence-electron chi connectivity index (χ2n) is 10.1. The Labute approximate surface area is 208 Å². The summed E-state index contributed by atoms with van der Waals surface area (Å²) < 4.78 is 4.62. The Morgan fingerprint density at radius 3 is 2.54 bits per heavy atom. The van der Waals surface area contributed by atoms with Gasteiger partial charge in [0.2, 0.25) is 0 Å². The fourth-order valence-corrected chi connectivity index (χ4v) is 5.42. The lowest BCUT2D eigenvalue weighted by molar-refractivity contribution is 0.0718. The molecular weight excluding hydrogens is 460 g/mol. The molecule has 3 aromatic heterocycles. The molecule has 4 heterocycles. The van der Waals surface area contributed by atoms with Gasteiger partial charge in [-0.15, -0.1) is 0 Å². The highest BCUT2D eigenvalue weighted by molar-refractivity contribution is 7.22. The molecule has 0 spiro atoms. The highest BCUT2D eigenvalue weighted by Crippen LogP contribution is 2.34. The Hall–Kier alpha value is -3.46. The van der Waals surface area contributed by atoms with Gasteiger partial charge in [-0.1, -0.05) is 29.0 Å². The maximum absolute atomic E-state index is 13.8. The molecule has 182 valence electrons. The fraction of sp³-hybridized carbons (Fsp3) is 0.385. The first-order chi connectivity index (χ1) is 16.7. The molecule has 2 amide bonds. The van der Waals surface area contributed by atoms with Gasteiger partial charge in [-0.25, -0.2) is 4.68 Å². The van der Waals surface area contributed by atoms with E-state index in [0.29, 0.717) is 33.3 Å². The highest BCUT2D eigenvalue weighted by Gasteiger charge is 2.34. The number of hydrogen-bond donors (Lipinski definition) is 1. The monoisotopic (exact) mass is 490 g/mol. The normalized spacial score (nSPS) is 16.2. The van der Waals surface area contributed by atoms with Gasteiger partial charge in [-0.2, -0.15) is 10.1 Å². The smallest absolute Gasteiger partial charge is 0.276 e. The van der Waals surface area contributed by atoms with Crippen molar-refractivity contribution in [3.63, 3.8) is 0 Å². The minimum Gasteiger partial charge on any atom is -0.352 e. The van der Waals surface area contributed by atoms with Gasteiger partial charge in [-0.3, -0.25) is 14.9 Å². The van der Waals surface area contributed by atoms with Crippen molar-refractivity contribution in [2.45, 2.75) is 58.7 Å². The van der Waals surface area contributed by atoms with E-state index in [1.165, 1.54) is 11.3 Å². The number of aryl methyl sites for hydroxylation is 1. The van der Waals surface area contributed by atoms with Gasteiger partial charge < -0.3 is 9.47 Å². The van der Waals surface area contributed by atoms with E-state index in [2.05, 4.69) is 14.9 Å². The Morgan fingerprint density at radius 1 is 1.14 bits per heavy atom. The van der Waals surface area contributed by atoms with Crippen molar-refractivity contribution in [2.75, 3.05) is 11.9 Å². The predicted molar refractivity (Wildman–Crippen MR) is 138 cm³/mol. The lowest BCUT2D eigenvalue weighted by atomic mass is 10.1. The summed E-state index contributed by atoms with van der Waals surface area (Å²) in [4.78, 5) is 33.2. The molecule has 1 fully saturated rings. The van der Waals surface area contributed by atoms with Crippen LogP contribution < -0.4 is 5.32 Å². The number of aromatic nitrogens is 4. The lowest BCUT2D eigenvalue weighted by Gasteiger charge is -2.24. The van der Waals surface area contributed by atoms with Crippen LogP contribution in [0.3, 0.4) is 0 Å². The lowest BCUT2D eigenvalue weighted by Crippen LogP contribution is -2.38. The molecule has 1 aromatic carbocycles. The third kappa shape index (κ3) is 4.60. The molecule has 4 aromatic rings. The van der Waals surface area contributed by atoms with Crippen molar-refractivity contribution >= 4 is 38.6 Å². The molecule has 1 atom stereocenters. The van der Waals surface area contributed by atoms with Crippen molar-refractivity contribution in [3.05, 3.63) is 65.6 Å². The molecule has 0 aliphatic carbocycles. The van der Waals surface area contributed by atoms with Crippen molar-refractivity contribution in [1.29, 1.82) is 0 Å². The van der Waals surface area contributed by atoms with Crippen LogP contribution >= 0.6 is 11.3 Å². The minimum atomic E-state index is -0.376. The Morgan fingerprint density at radius 2 is 1.86 bits per heavy atom. The largest absolute Gasteiger partial charge is 0.352 e. The van der Waals surface area contributed by atoms with Crippen molar-refractivity contribution in [3.8, 4) is 0 Å². The number of amides is 2. The summed E-state index contributed by atoms with van der Waals surface area (Å²) in [5.74, 6) is -0.302. The first-order valence-corrected chi connectivity index (χ1v) is 12.7. The Bertz CT molecular complexity index is 1360. The number of nitrogens with one attached hydrogen (secondary N) is 1. The van der Waals surface area contributed by atoms with E-state index >= 15 is 0 Å². The second-order valence-corrected chi connectivity index (χ2v) is 11.1. The van der Waals surface area contributed by atoms with Crippen LogP contribution in [0.2, 0.25) is 0 Å². The maximum Gasteiger partial charge on any atom is 0.276 e. The molecule has 1 aliphatic heterocycles. The predicted octanol–water partition coefficient (Wildman–Crippen LogP) is 4.91. The van der Waals surface area contributed by atoms with Crippen molar-refractivity contribution < 1.29 is 9.59 Å². The van der Waals surface area contributed by atoms with Crippen molar-refractivity contribution in [1.82, 2.24) is 24.2 Å². The second kappa shape index (κ2) is 8.96. The summed E-state index contributed by atoms with van der Waals surface area (Å²) in [6, 6.07) is 11.5. The average molecular weight is 491 g/mol. The van der Waals surface area contributed by atoms with Gasteiger partial charge in [0.15, 0.2) is 16.5 Å². The Balaban J connectivity index is 1.46. The number of nitrogens with zero attached hydrogens (tertiary/aromatic N) is 5. The number of likely N-dealkylation sites (tertiary alicyclic amines) is 1. The molecule has 1 N–H and O–H groups in total. The third-order valence-corrected chi connectivity index (χ3v) is 7.29. The summed E-state index contributed by atoms with van der Waals surface area (Å²) >= 11 is 1.30. The summed E-state index contributed by atoms with van der Waals surface area (Å²) in [5.41, 5.74) is 2.30. The number of anilines is 1. The number of benzene rings is 1. The SMILES string of the molecule is Cc1ccc(C(=O)Nc2nc3c(s2)c(C(=O)N2CCC[C@H]2Cn2cccc2)nn3C(C)(C)C)cc1.